The number of nitrogen functional groups attached to an aromatic ring is 1. The van der Waals surface area contributed by atoms with Crippen LogP contribution < -0.4 is 16.0 Å². The van der Waals surface area contributed by atoms with Gasteiger partial charge in [0, 0.05) is 25.7 Å². The molecule has 0 aliphatic carbocycles. The zero-order valence-corrected chi connectivity index (χ0v) is 11.0. The van der Waals surface area contributed by atoms with Crippen LogP contribution in [0.3, 0.4) is 0 Å². The van der Waals surface area contributed by atoms with Gasteiger partial charge in [-0.2, -0.15) is 13.2 Å². The minimum atomic E-state index is -4.19. The highest BCUT2D eigenvalue weighted by molar-refractivity contribution is 5.95. The fourth-order valence-corrected chi connectivity index (χ4v) is 2.18. The summed E-state index contributed by atoms with van der Waals surface area (Å²) >= 11 is 0. The third-order valence-corrected chi connectivity index (χ3v) is 3.29. The van der Waals surface area contributed by atoms with E-state index in [2.05, 4.69) is 5.32 Å². The van der Waals surface area contributed by atoms with Crippen LogP contribution in [0, 0.1) is 0 Å². The Morgan fingerprint density at radius 3 is 2.70 bits per heavy atom. The SMILES string of the molecule is CN(CCC(F)(F)F)c1cc2c(cc1N)NC(=O)CC2. The summed E-state index contributed by atoms with van der Waals surface area (Å²) < 4.78 is 36.7. The summed E-state index contributed by atoms with van der Waals surface area (Å²) in [6.45, 7) is -0.154. The molecule has 0 atom stereocenters. The molecule has 0 radical (unpaired) electrons. The first-order valence-corrected chi connectivity index (χ1v) is 6.26. The average molecular weight is 287 g/mol. The first kappa shape index (κ1) is 14.5. The van der Waals surface area contributed by atoms with Gasteiger partial charge in [0.15, 0.2) is 0 Å². The van der Waals surface area contributed by atoms with E-state index in [9.17, 15) is 18.0 Å². The smallest absolute Gasteiger partial charge is 0.390 e. The van der Waals surface area contributed by atoms with Crippen LogP contribution in [0.2, 0.25) is 0 Å². The van der Waals surface area contributed by atoms with Gasteiger partial charge < -0.3 is 16.0 Å². The van der Waals surface area contributed by atoms with E-state index >= 15 is 0 Å². The molecule has 3 N–H and O–H groups in total. The van der Waals surface area contributed by atoms with Crippen molar-refractivity contribution in [3.63, 3.8) is 0 Å². The lowest BCUT2D eigenvalue weighted by molar-refractivity contribution is -0.132. The molecule has 20 heavy (non-hydrogen) atoms. The predicted molar refractivity (Wildman–Crippen MR) is 71.7 cm³/mol. The quantitative estimate of drug-likeness (QED) is 0.840. The van der Waals surface area contributed by atoms with Gasteiger partial charge in [0.25, 0.3) is 0 Å². The van der Waals surface area contributed by atoms with Gasteiger partial charge in [0.05, 0.1) is 17.8 Å². The molecular formula is C13H16F3N3O. The molecule has 1 heterocycles. The van der Waals surface area contributed by atoms with Gasteiger partial charge >= 0.3 is 6.18 Å². The fraction of sp³-hybridized carbons (Fsp3) is 0.462. The number of hydrogen-bond donors (Lipinski definition) is 2. The molecule has 0 bridgehead atoms. The minimum Gasteiger partial charge on any atom is -0.397 e. The van der Waals surface area contributed by atoms with E-state index in [-0.39, 0.29) is 12.5 Å². The molecule has 0 saturated carbocycles. The summed E-state index contributed by atoms with van der Waals surface area (Å²) in [6.07, 6.45) is -4.13. The van der Waals surface area contributed by atoms with Gasteiger partial charge in [-0.05, 0) is 24.1 Å². The van der Waals surface area contributed by atoms with Crippen LogP contribution in [0.5, 0.6) is 0 Å². The molecular weight excluding hydrogens is 271 g/mol. The Balaban J connectivity index is 2.18. The van der Waals surface area contributed by atoms with Gasteiger partial charge in [0.2, 0.25) is 5.91 Å². The molecule has 1 aliphatic heterocycles. The van der Waals surface area contributed by atoms with Crippen molar-refractivity contribution in [1.82, 2.24) is 0 Å². The number of carbonyl (C=O) groups is 1. The normalized spacial score (nSPS) is 14.7. The lowest BCUT2D eigenvalue weighted by Crippen LogP contribution is -2.26. The van der Waals surface area contributed by atoms with Gasteiger partial charge in [-0.15, -0.1) is 0 Å². The maximum absolute atomic E-state index is 12.2. The Morgan fingerprint density at radius 2 is 2.05 bits per heavy atom. The van der Waals surface area contributed by atoms with Crippen LogP contribution in [0.15, 0.2) is 12.1 Å². The molecule has 0 aromatic heterocycles. The Bertz CT molecular complexity index is 528. The fourth-order valence-electron chi connectivity index (χ4n) is 2.18. The van der Waals surface area contributed by atoms with Crippen LogP contribution in [-0.2, 0) is 11.2 Å². The van der Waals surface area contributed by atoms with E-state index < -0.39 is 12.6 Å². The third kappa shape index (κ3) is 3.34. The highest BCUT2D eigenvalue weighted by Crippen LogP contribution is 2.33. The molecule has 7 heteroatoms. The number of nitrogens with one attached hydrogen (secondary N) is 1. The molecule has 0 unspecified atom stereocenters. The largest absolute Gasteiger partial charge is 0.397 e. The molecule has 0 saturated heterocycles. The number of halogens is 3. The second kappa shape index (κ2) is 5.22. The second-order valence-corrected chi connectivity index (χ2v) is 4.90. The van der Waals surface area contributed by atoms with E-state index in [0.717, 1.165) is 5.56 Å². The van der Waals surface area contributed by atoms with Crippen molar-refractivity contribution in [1.29, 1.82) is 0 Å². The minimum absolute atomic E-state index is 0.0740. The van der Waals surface area contributed by atoms with E-state index in [1.54, 1.807) is 19.2 Å². The molecule has 0 spiro atoms. The molecule has 1 aromatic rings. The zero-order valence-electron chi connectivity index (χ0n) is 11.0. The van der Waals surface area contributed by atoms with E-state index in [4.69, 9.17) is 5.73 Å². The molecule has 2 rings (SSSR count). The van der Waals surface area contributed by atoms with Gasteiger partial charge in [-0.1, -0.05) is 0 Å². The average Bonchev–Trinajstić information content (AvgIpc) is 2.34. The van der Waals surface area contributed by atoms with E-state index in [0.29, 0.717) is 29.9 Å². The number of rotatable bonds is 3. The van der Waals surface area contributed by atoms with Gasteiger partial charge in [0.1, 0.15) is 0 Å². The number of aryl methyl sites for hydroxylation is 1. The van der Waals surface area contributed by atoms with Crippen LogP contribution >= 0.6 is 0 Å². The summed E-state index contributed by atoms with van der Waals surface area (Å²) in [5, 5.41) is 2.71. The number of nitrogens with two attached hydrogens (primary N) is 1. The highest BCUT2D eigenvalue weighted by Gasteiger charge is 2.27. The standard InChI is InChI=1S/C13H16F3N3O/c1-19(5-4-13(14,15)16)11-6-8-2-3-12(20)18-10(8)7-9(11)17/h6-7H,2-5,17H2,1H3,(H,18,20). The van der Waals surface area contributed by atoms with Crippen molar-refractivity contribution in [3.8, 4) is 0 Å². The topological polar surface area (TPSA) is 58.4 Å². The number of hydrogen-bond acceptors (Lipinski definition) is 3. The number of fused-ring (bicyclic) bond motifs is 1. The predicted octanol–water partition coefficient (Wildman–Crippen LogP) is 2.54. The molecule has 1 aromatic carbocycles. The van der Waals surface area contributed by atoms with Crippen LogP contribution in [0.25, 0.3) is 0 Å². The third-order valence-electron chi connectivity index (χ3n) is 3.29. The zero-order chi connectivity index (χ0) is 14.9. The molecule has 1 aliphatic rings. The monoisotopic (exact) mass is 287 g/mol. The van der Waals surface area contributed by atoms with E-state index in [1.165, 1.54) is 4.90 Å². The number of alkyl halides is 3. The molecule has 110 valence electrons. The summed E-state index contributed by atoms with van der Waals surface area (Å²) in [5.41, 5.74) is 8.31. The second-order valence-electron chi connectivity index (χ2n) is 4.90. The summed E-state index contributed by atoms with van der Waals surface area (Å²) in [4.78, 5) is 12.8. The van der Waals surface area contributed by atoms with Crippen LogP contribution in [-0.4, -0.2) is 25.7 Å². The Hall–Kier alpha value is -1.92. The number of nitrogens with zero attached hydrogens (tertiary/aromatic N) is 1. The Labute approximate surface area is 114 Å². The highest BCUT2D eigenvalue weighted by atomic mass is 19.4. The Kier molecular flexibility index (Phi) is 3.78. The number of amides is 1. The van der Waals surface area contributed by atoms with Crippen molar-refractivity contribution in [3.05, 3.63) is 17.7 Å². The Morgan fingerprint density at radius 1 is 1.35 bits per heavy atom. The van der Waals surface area contributed by atoms with Crippen molar-refractivity contribution >= 4 is 23.0 Å². The molecule has 0 fully saturated rings. The van der Waals surface area contributed by atoms with Gasteiger partial charge in [-0.25, -0.2) is 0 Å². The molecule has 1 amide bonds. The maximum atomic E-state index is 12.2. The lowest BCUT2D eigenvalue weighted by Gasteiger charge is -2.25. The summed E-state index contributed by atoms with van der Waals surface area (Å²) in [5.74, 6) is -0.0740. The van der Waals surface area contributed by atoms with Crippen LogP contribution in [0.4, 0.5) is 30.2 Å². The maximum Gasteiger partial charge on any atom is 0.390 e. The summed E-state index contributed by atoms with van der Waals surface area (Å²) in [7, 11) is 1.57. The van der Waals surface area contributed by atoms with Crippen molar-refractivity contribution in [2.24, 2.45) is 0 Å². The van der Waals surface area contributed by atoms with Crippen molar-refractivity contribution < 1.29 is 18.0 Å². The van der Waals surface area contributed by atoms with Crippen LogP contribution in [0.1, 0.15) is 18.4 Å². The van der Waals surface area contributed by atoms with Crippen molar-refractivity contribution in [2.75, 3.05) is 29.5 Å². The number of benzene rings is 1. The number of carbonyl (C=O) groups excluding carboxylic acids is 1. The number of anilines is 3. The lowest BCUT2D eigenvalue weighted by atomic mass is 10.0. The van der Waals surface area contributed by atoms with Gasteiger partial charge in [-0.3, -0.25) is 4.79 Å². The van der Waals surface area contributed by atoms with E-state index in [1.807, 2.05) is 0 Å². The molecule has 4 nitrogen and oxygen atoms in total. The first-order valence-electron chi connectivity index (χ1n) is 6.26. The first-order chi connectivity index (χ1) is 9.26. The summed E-state index contributed by atoms with van der Waals surface area (Å²) in [6, 6.07) is 3.35. The van der Waals surface area contributed by atoms with Crippen molar-refractivity contribution in [2.45, 2.75) is 25.4 Å².